The van der Waals surface area contributed by atoms with Gasteiger partial charge < -0.3 is 10.2 Å². The summed E-state index contributed by atoms with van der Waals surface area (Å²) in [6.07, 6.45) is 7.48. The molecule has 1 aliphatic carbocycles. The van der Waals surface area contributed by atoms with E-state index in [1.807, 2.05) is 32.4 Å². The molecule has 0 spiro atoms. The van der Waals surface area contributed by atoms with Crippen LogP contribution in [0.1, 0.15) is 40.9 Å². The summed E-state index contributed by atoms with van der Waals surface area (Å²) in [5.41, 5.74) is 5.76. The van der Waals surface area contributed by atoms with Crippen LogP contribution in [0, 0.1) is 30.0 Å². The number of rotatable bonds is 6. The van der Waals surface area contributed by atoms with Crippen molar-refractivity contribution in [1.29, 1.82) is 5.26 Å². The van der Waals surface area contributed by atoms with Crippen molar-refractivity contribution in [2.45, 2.75) is 45.2 Å². The molecule has 7 nitrogen and oxygen atoms in total. The summed E-state index contributed by atoms with van der Waals surface area (Å²) in [5, 5.41) is 16.7. The molecule has 168 valence electrons. The highest BCUT2D eigenvalue weighted by Gasteiger charge is 2.42. The second kappa shape index (κ2) is 8.32. The number of pyridine rings is 1. The Balaban J connectivity index is 1.29. The number of benzene rings is 1. The third-order valence-electron chi connectivity index (χ3n) is 6.50. The van der Waals surface area contributed by atoms with Crippen LogP contribution < -0.4 is 10.2 Å². The Morgan fingerprint density at radius 2 is 2.09 bits per heavy atom. The van der Waals surface area contributed by atoms with Gasteiger partial charge >= 0.3 is 0 Å². The van der Waals surface area contributed by atoms with E-state index < -0.39 is 5.82 Å². The van der Waals surface area contributed by atoms with E-state index in [1.54, 1.807) is 10.7 Å². The minimum atomic E-state index is -0.419. The normalized spacial score (nSPS) is 17.5. The minimum absolute atomic E-state index is 0.0678. The van der Waals surface area contributed by atoms with E-state index in [9.17, 15) is 14.4 Å². The highest BCUT2D eigenvalue weighted by atomic mass is 19.1. The lowest BCUT2D eigenvalue weighted by atomic mass is 10.0. The van der Waals surface area contributed by atoms with Crippen molar-refractivity contribution >= 4 is 17.3 Å². The average molecular weight is 445 g/mol. The van der Waals surface area contributed by atoms with E-state index in [4.69, 9.17) is 4.98 Å². The molecule has 1 amide bonds. The lowest BCUT2D eigenvalue weighted by molar-refractivity contribution is -0.118. The average Bonchev–Trinajstić information content (AvgIpc) is 3.52. The van der Waals surface area contributed by atoms with Gasteiger partial charge in [-0.25, -0.2) is 4.39 Å². The van der Waals surface area contributed by atoms with Crippen LogP contribution in [0.4, 0.5) is 15.8 Å². The first-order valence-electron chi connectivity index (χ1n) is 11.2. The van der Waals surface area contributed by atoms with E-state index in [2.05, 4.69) is 21.4 Å². The minimum Gasteiger partial charge on any atom is -0.361 e. The van der Waals surface area contributed by atoms with Crippen LogP contribution in [0.5, 0.6) is 0 Å². The van der Waals surface area contributed by atoms with Crippen LogP contribution in [-0.4, -0.2) is 33.8 Å². The quantitative estimate of drug-likeness (QED) is 0.628. The molecule has 1 saturated carbocycles. The number of fused-ring (bicyclic) bond motifs is 1. The monoisotopic (exact) mass is 444 g/mol. The molecule has 0 bridgehead atoms. The Kier molecular flexibility index (Phi) is 5.33. The molecule has 1 fully saturated rings. The van der Waals surface area contributed by atoms with Crippen molar-refractivity contribution in [3.8, 4) is 6.07 Å². The Hall–Kier alpha value is -3.73. The Morgan fingerprint density at radius 1 is 1.27 bits per heavy atom. The molecule has 0 unspecified atom stereocenters. The molecule has 0 saturated heterocycles. The van der Waals surface area contributed by atoms with Gasteiger partial charge in [-0.05, 0) is 67.9 Å². The van der Waals surface area contributed by atoms with Gasteiger partial charge in [0.2, 0.25) is 5.91 Å². The molecule has 3 heterocycles. The number of nitriles is 1. The summed E-state index contributed by atoms with van der Waals surface area (Å²) in [6.45, 7) is 2.34. The van der Waals surface area contributed by atoms with Crippen LogP contribution in [0.3, 0.4) is 0 Å². The molecule has 3 aromatic rings. The fraction of sp³-hybridized carbons (Fsp3) is 0.360. The molecule has 1 aliphatic heterocycles. The number of hydrogen-bond acceptors (Lipinski definition) is 5. The lowest BCUT2D eigenvalue weighted by Gasteiger charge is -2.36. The Bertz CT molecular complexity index is 1270. The summed E-state index contributed by atoms with van der Waals surface area (Å²) < 4.78 is 15.1. The van der Waals surface area contributed by atoms with Crippen LogP contribution in [0.25, 0.3) is 0 Å². The molecule has 0 radical (unpaired) electrons. The first-order chi connectivity index (χ1) is 15.9. The van der Waals surface area contributed by atoms with Crippen molar-refractivity contribution in [3.63, 3.8) is 0 Å². The maximum Gasteiger partial charge on any atom is 0.247 e. The van der Waals surface area contributed by atoms with E-state index in [-0.39, 0.29) is 11.9 Å². The molecule has 1 aromatic carbocycles. The second-order valence-corrected chi connectivity index (χ2v) is 8.93. The summed E-state index contributed by atoms with van der Waals surface area (Å²) >= 11 is 0. The largest absolute Gasteiger partial charge is 0.361 e. The van der Waals surface area contributed by atoms with E-state index in [0.717, 1.165) is 59.6 Å². The molecule has 1 atom stereocenters. The van der Waals surface area contributed by atoms with Crippen molar-refractivity contribution in [2.75, 3.05) is 17.3 Å². The number of nitrogens with zero attached hydrogens (tertiary/aromatic N) is 5. The number of aromatic nitrogens is 3. The number of anilines is 2. The second-order valence-electron chi connectivity index (χ2n) is 8.93. The number of nitrogens with one attached hydrogen (secondary N) is 1. The molecule has 2 aliphatic rings. The van der Waals surface area contributed by atoms with Crippen molar-refractivity contribution < 1.29 is 9.18 Å². The molecular weight excluding hydrogens is 419 g/mol. The molecule has 2 aromatic heterocycles. The van der Waals surface area contributed by atoms with Gasteiger partial charge in [0.1, 0.15) is 11.9 Å². The summed E-state index contributed by atoms with van der Waals surface area (Å²) in [5.74, 6) is 0.0878. The van der Waals surface area contributed by atoms with Gasteiger partial charge in [-0.1, -0.05) is 6.07 Å². The maximum absolute atomic E-state index is 13.4. The number of likely N-dealkylation sites (N-methyl/N-ethyl adjacent to an activating group) is 1. The van der Waals surface area contributed by atoms with E-state index in [1.165, 1.54) is 12.1 Å². The topological polar surface area (TPSA) is 86.8 Å². The molecule has 33 heavy (non-hydrogen) atoms. The SMILES string of the molecule is Cc1nc(CCc2cnn(Cc3ccc(F)cc3C#N)c2)cc2c1NC(=O)[C@H](C1CC1)N2C. The van der Waals surface area contributed by atoms with Crippen molar-refractivity contribution in [1.82, 2.24) is 14.8 Å². The van der Waals surface area contributed by atoms with Crippen molar-refractivity contribution in [3.05, 3.63) is 70.6 Å². The van der Waals surface area contributed by atoms with Gasteiger partial charge in [0, 0.05) is 18.9 Å². The van der Waals surface area contributed by atoms with Crippen LogP contribution in [0.2, 0.25) is 0 Å². The maximum atomic E-state index is 13.4. The molecular formula is C25H25FN6O. The number of carbonyl (C=O) groups excluding carboxylic acids is 1. The summed E-state index contributed by atoms with van der Waals surface area (Å²) in [4.78, 5) is 19.4. The number of aryl methyl sites for hydroxylation is 3. The predicted molar refractivity (Wildman–Crippen MR) is 122 cm³/mol. The number of carbonyl (C=O) groups is 1. The standard InChI is InChI=1S/C25H25FN6O/c1-15-23-22(31(2)24(17-4-5-17)25(33)30-23)10-21(29-15)8-3-16-12-28-32(13-16)14-18-6-7-20(26)9-19(18)11-27/h6-7,9-10,12-13,17,24H,3-5,8,14H2,1-2H3,(H,30,33)/t24-/m0/s1. The molecule has 8 heteroatoms. The molecule has 5 rings (SSSR count). The van der Waals surface area contributed by atoms with Gasteiger partial charge in [-0.3, -0.25) is 14.5 Å². The van der Waals surface area contributed by atoms with Crippen LogP contribution in [0.15, 0.2) is 36.7 Å². The van der Waals surface area contributed by atoms with E-state index >= 15 is 0 Å². The van der Waals surface area contributed by atoms with Gasteiger partial charge in [-0.2, -0.15) is 10.4 Å². The third-order valence-corrected chi connectivity index (χ3v) is 6.50. The Labute approximate surface area is 191 Å². The zero-order valence-electron chi connectivity index (χ0n) is 18.7. The van der Waals surface area contributed by atoms with E-state index in [0.29, 0.717) is 18.0 Å². The first kappa shape index (κ1) is 21.1. The van der Waals surface area contributed by atoms with Gasteiger partial charge in [-0.15, -0.1) is 0 Å². The highest BCUT2D eigenvalue weighted by molar-refractivity contribution is 6.04. The predicted octanol–water partition coefficient (Wildman–Crippen LogP) is 3.60. The third kappa shape index (κ3) is 4.19. The number of hydrogen-bond donors (Lipinski definition) is 1. The summed E-state index contributed by atoms with van der Waals surface area (Å²) in [6, 6.07) is 8.25. The zero-order chi connectivity index (χ0) is 23.1. The molecule has 1 N–H and O–H groups in total. The van der Waals surface area contributed by atoms with Crippen LogP contribution >= 0.6 is 0 Å². The van der Waals surface area contributed by atoms with Crippen LogP contribution in [-0.2, 0) is 24.2 Å². The van der Waals surface area contributed by atoms with Gasteiger partial charge in [0.15, 0.2) is 0 Å². The Morgan fingerprint density at radius 3 is 2.85 bits per heavy atom. The fourth-order valence-corrected chi connectivity index (χ4v) is 4.60. The van der Waals surface area contributed by atoms with Gasteiger partial charge in [0.25, 0.3) is 0 Å². The first-order valence-corrected chi connectivity index (χ1v) is 11.2. The van der Waals surface area contributed by atoms with Crippen molar-refractivity contribution in [2.24, 2.45) is 5.92 Å². The summed E-state index contributed by atoms with van der Waals surface area (Å²) in [7, 11) is 2.00. The lowest BCUT2D eigenvalue weighted by Crippen LogP contribution is -2.47. The fourth-order valence-electron chi connectivity index (χ4n) is 4.60. The number of amides is 1. The number of halogens is 1. The smallest absolute Gasteiger partial charge is 0.247 e. The zero-order valence-corrected chi connectivity index (χ0v) is 18.7. The van der Waals surface area contributed by atoms with Gasteiger partial charge in [0.05, 0.1) is 41.4 Å². The highest BCUT2D eigenvalue weighted by Crippen LogP contribution is 2.42.